The summed E-state index contributed by atoms with van der Waals surface area (Å²) in [6, 6.07) is 2.63. The van der Waals surface area contributed by atoms with Crippen LogP contribution >= 0.6 is 11.6 Å². The molecular weight excluding hydrogens is 249 g/mol. The van der Waals surface area contributed by atoms with Crippen molar-refractivity contribution in [3.8, 4) is 0 Å². The minimum Gasteiger partial charge on any atom is -0.265 e. The van der Waals surface area contributed by atoms with Crippen molar-refractivity contribution in [2.75, 3.05) is 6.61 Å². The van der Waals surface area contributed by atoms with Gasteiger partial charge < -0.3 is 0 Å². The lowest BCUT2D eigenvalue weighted by Gasteiger charge is -2.07. The zero-order valence-electron chi connectivity index (χ0n) is 7.71. The molecule has 0 aliphatic rings. The third kappa shape index (κ3) is 4.45. The highest BCUT2D eigenvalue weighted by atomic mass is 35.5. The van der Waals surface area contributed by atoms with Crippen LogP contribution in [0.2, 0.25) is 5.02 Å². The van der Waals surface area contributed by atoms with Crippen LogP contribution in [-0.2, 0) is 4.84 Å². The third-order valence-electron chi connectivity index (χ3n) is 1.36. The summed E-state index contributed by atoms with van der Waals surface area (Å²) >= 11 is 5.55. The Bertz CT molecular complexity index is 384. The van der Waals surface area contributed by atoms with Crippen LogP contribution in [0.4, 0.5) is 13.2 Å². The molecule has 0 spiro atoms. The summed E-state index contributed by atoms with van der Waals surface area (Å²) in [4.78, 5) is 18.7. The van der Waals surface area contributed by atoms with Crippen molar-refractivity contribution in [3.05, 3.63) is 29.0 Å². The van der Waals surface area contributed by atoms with Gasteiger partial charge in [0.25, 0.3) is 5.91 Å². The van der Waals surface area contributed by atoms with E-state index >= 15 is 0 Å². The Morgan fingerprint density at radius 2 is 2.25 bits per heavy atom. The molecule has 16 heavy (non-hydrogen) atoms. The summed E-state index contributed by atoms with van der Waals surface area (Å²) in [5.41, 5.74) is 1.47. The predicted octanol–water partition coefficient (Wildman–Crippen LogP) is 1.96. The highest BCUT2D eigenvalue weighted by Crippen LogP contribution is 2.13. The fraction of sp³-hybridized carbons (Fsp3) is 0.250. The van der Waals surface area contributed by atoms with E-state index in [-0.39, 0.29) is 10.7 Å². The molecular formula is C8H6ClF3N2O2. The van der Waals surface area contributed by atoms with E-state index in [9.17, 15) is 18.0 Å². The minimum absolute atomic E-state index is 0.130. The molecule has 0 radical (unpaired) electrons. The third-order valence-corrected chi connectivity index (χ3v) is 1.59. The van der Waals surface area contributed by atoms with Crippen LogP contribution in [0.25, 0.3) is 0 Å². The number of hydrogen-bond acceptors (Lipinski definition) is 3. The quantitative estimate of drug-likeness (QED) is 0.839. The number of nitrogens with zero attached hydrogens (tertiary/aromatic N) is 1. The van der Waals surface area contributed by atoms with Gasteiger partial charge in [-0.3, -0.25) is 14.6 Å². The molecule has 1 aromatic heterocycles. The van der Waals surface area contributed by atoms with Gasteiger partial charge in [-0.25, -0.2) is 5.48 Å². The van der Waals surface area contributed by atoms with Crippen LogP contribution in [-0.4, -0.2) is 23.7 Å². The number of hydrogen-bond donors (Lipinski definition) is 1. The molecule has 1 rings (SSSR count). The fourth-order valence-electron chi connectivity index (χ4n) is 0.765. The molecule has 0 aromatic carbocycles. The average Bonchev–Trinajstić information content (AvgIpc) is 2.15. The molecule has 0 aliphatic heterocycles. The molecule has 8 heteroatoms. The van der Waals surface area contributed by atoms with Crippen molar-refractivity contribution in [1.82, 2.24) is 10.5 Å². The molecule has 4 nitrogen and oxygen atoms in total. The van der Waals surface area contributed by atoms with E-state index in [0.29, 0.717) is 0 Å². The van der Waals surface area contributed by atoms with Gasteiger partial charge in [0.2, 0.25) is 0 Å². The first-order valence-corrected chi connectivity index (χ1v) is 4.37. The van der Waals surface area contributed by atoms with Crippen LogP contribution in [0, 0.1) is 0 Å². The predicted molar refractivity (Wildman–Crippen MR) is 48.7 cm³/mol. The summed E-state index contributed by atoms with van der Waals surface area (Å²) in [5, 5.41) is 0.246. The second kappa shape index (κ2) is 5.13. The normalized spacial score (nSPS) is 11.2. The van der Waals surface area contributed by atoms with Gasteiger partial charge in [0.15, 0.2) is 6.61 Å². The average molecular weight is 255 g/mol. The molecule has 1 N–H and O–H groups in total. The second-order valence-corrected chi connectivity index (χ2v) is 3.13. The standard InChI is InChI=1S/C8H6ClF3N2O2/c9-5-1-2-13-6(3-5)7(15)14-16-4-8(10,11)12/h1-3H,4H2,(H,14,15). The molecule has 1 aromatic rings. The Kier molecular flexibility index (Phi) is 4.08. The number of pyridine rings is 1. The lowest BCUT2D eigenvalue weighted by molar-refractivity contribution is -0.184. The maximum Gasteiger partial charge on any atom is 0.414 e. The number of carbonyl (C=O) groups excluding carboxylic acids is 1. The van der Waals surface area contributed by atoms with E-state index in [1.54, 1.807) is 5.48 Å². The molecule has 1 heterocycles. The maximum absolute atomic E-state index is 11.7. The second-order valence-electron chi connectivity index (χ2n) is 2.69. The largest absolute Gasteiger partial charge is 0.414 e. The van der Waals surface area contributed by atoms with Crippen molar-refractivity contribution in [3.63, 3.8) is 0 Å². The van der Waals surface area contributed by atoms with E-state index in [1.807, 2.05) is 0 Å². The molecule has 0 atom stereocenters. The Labute approximate surface area is 93.3 Å². The maximum atomic E-state index is 11.7. The van der Waals surface area contributed by atoms with Gasteiger partial charge >= 0.3 is 6.18 Å². The lowest BCUT2D eigenvalue weighted by atomic mass is 10.3. The van der Waals surface area contributed by atoms with Crippen molar-refractivity contribution < 1.29 is 22.8 Å². The number of rotatable bonds is 3. The SMILES string of the molecule is O=C(NOCC(F)(F)F)c1cc(Cl)ccn1. The summed E-state index contributed by atoms with van der Waals surface area (Å²) in [6.45, 7) is -1.57. The molecule has 1 amide bonds. The van der Waals surface area contributed by atoms with Gasteiger partial charge in [0.1, 0.15) is 5.69 Å². The molecule has 0 bridgehead atoms. The number of alkyl halides is 3. The van der Waals surface area contributed by atoms with Crippen molar-refractivity contribution in [2.24, 2.45) is 0 Å². The van der Waals surface area contributed by atoms with Crippen LogP contribution in [0.1, 0.15) is 10.5 Å². The zero-order chi connectivity index (χ0) is 12.2. The van der Waals surface area contributed by atoms with E-state index in [1.165, 1.54) is 18.3 Å². The Morgan fingerprint density at radius 1 is 1.56 bits per heavy atom. The first-order valence-electron chi connectivity index (χ1n) is 3.99. The number of carbonyl (C=O) groups is 1. The van der Waals surface area contributed by atoms with Gasteiger partial charge in [-0.2, -0.15) is 13.2 Å². The van der Waals surface area contributed by atoms with Crippen molar-refractivity contribution in [2.45, 2.75) is 6.18 Å². The summed E-state index contributed by atoms with van der Waals surface area (Å²) in [7, 11) is 0. The van der Waals surface area contributed by atoms with Crippen LogP contribution in [0.3, 0.4) is 0 Å². The Balaban J connectivity index is 2.47. The molecule has 0 saturated heterocycles. The Morgan fingerprint density at radius 3 is 2.81 bits per heavy atom. The van der Waals surface area contributed by atoms with Gasteiger partial charge in [-0.1, -0.05) is 11.6 Å². The molecule has 0 aliphatic carbocycles. The highest BCUT2D eigenvalue weighted by Gasteiger charge is 2.28. The first-order chi connectivity index (χ1) is 7.38. The summed E-state index contributed by atoms with van der Waals surface area (Å²) in [5.74, 6) is -0.897. The van der Waals surface area contributed by atoms with Gasteiger partial charge in [0.05, 0.1) is 0 Å². The lowest BCUT2D eigenvalue weighted by Crippen LogP contribution is -2.30. The molecule has 0 unspecified atom stereocenters. The topological polar surface area (TPSA) is 51.2 Å². The van der Waals surface area contributed by atoms with Crippen LogP contribution < -0.4 is 5.48 Å². The van der Waals surface area contributed by atoms with E-state index < -0.39 is 18.7 Å². The van der Waals surface area contributed by atoms with Gasteiger partial charge in [-0.15, -0.1) is 0 Å². The summed E-state index contributed by atoms with van der Waals surface area (Å²) < 4.78 is 35.0. The Hall–Kier alpha value is -1.34. The summed E-state index contributed by atoms with van der Waals surface area (Å²) in [6.07, 6.45) is -3.25. The minimum atomic E-state index is -4.50. The fourth-order valence-corrected chi connectivity index (χ4v) is 0.924. The van der Waals surface area contributed by atoms with Crippen LogP contribution in [0.15, 0.2) is 18.3 Å². The van der Waals surface area contributed by atoms with Crippen molar-refractivity contribution >= 4 is 17.5 Å². The number of aromatic nitrogens is 1. The molecule has 0 saturated carbocycles. The number of hydroxylamine groups is 1. The monoisotopic (exact) mass is 254 g/mol. The number of halogens is 4. The first kappa shape index (κ1) is 12.7. The number of amides is 1. The smallest absolute Gasteiger partial charge is 0.265 e. The van der Waals surface area contributed by atoms with E-state index in [2.05, 4.69) is 9.82 Å². The molecule has 88 valence electrons. The van der Waals surface area contributed by atoms with E-state index in [0.717, 1.165) is 0 Å². The van der Waals surface area contributed by atoms with E-state index in [4.69, 9.17) is 11.6 Å². The number of nitrogens with one attached hydrogen (secondary N) is 1. The molecule has 0 fully saturated rings. The van der Waals surface area contributed by atoms with Crippen molar-refractivity contribution in [1.29, 1.82) is 0 Å². The van der Waals surface area contributed by atoms with Crippen LogP contribution in [0.5, 0.6) is 0 Å². The van der Waals surface area contributed by atoms with Gasteiger partial charge in [0, 0.05) is 11.2 Å². The highest BCUT2D eigenvalue weighted by molar-refractivity contribution is 6.30. The van der Waals surface area contributed by atoms with Gasteiger partial charge in [-0.05, 0) is 12.1 Å². The zero-order valence-corrected chi connectivity index (χ0v) is 8.47.